The standard InChI is InChI=1S/C18H22FNO/c1-4-20-12-15-5-8-16(19)11-18(15)14-6-9-17(10-7-14)21-13(2)3/h5-11,13,20H,4,12H2,1-3H3. The highest BCUT2D eigenvalue weighted by molar-refractivity contribution is 5.68. The van der Waals surface area contributed by atoms with Crippen LogP contribution in [0.5, 0.6) is 5.75 Å². The first-order valence-corrected chi connectivity index (χ1v) is 7.36. The molecule has 3 heteroatoms. The molecule has 2 nitrogen and oxygen atoms in total. The summed E-state index contributed by atoms with van der Waals surface area (Å²) in [6.07, 6.45) is 0.148. The highest BCUT2D eigenvalue weighted by Crippen LogP contribution is 2.27. The van der Waals surface area contributed by atoms with E-state index in [4.69, 9.17) is 4.74 Å². The molecule has 0 aromatic heterocycles. The van der Waals surface area contributed by atoms with Crippen LogP contribution in [0.2, 0.25) is 0 Å². The maximum Gasteiger partial charge on any atom is 0.123 e. The first kappa shape index (κ1) is 15.5. The van der Waals surface area contributed by atoms with Gasteiger partial charge in [0, 0.05) is 6.54 Å². The van der Waals surface area contributed by atoms with E-state index in [0.717, 1.165) is 35.5 Å². The molecule has 0 saturated heterocycles. The van der Waals surface area contributed by atoms with Gasteiger partial charge in [0.2, 0.25) is 0 Å². The van der Waals surface area contributed by atoms with Gasteiger partial charge in [-0.2, -0.15) is 0 Å². The van der Waals surface area contributed by atoms with Gasteiger partial charge in [0.15, 0.2) is 0 Å². The van der Waals surface area contributed by atoms with E-state index in [0.29, 0.717) is 0 Å². The van der Waals surface area contributed by atoms with Crippen molar-refractivity contribution in [1.82, 2.24) is 5.32 Å². The molecule has 0 unspecified atom stereocenters. The summed E-state index contributed by atoms with van der Waals surface area (Å²) < 4.78 is 19.2. The van der Waals surface area contributed by atoms with Crippen LogP contribution in [0.1, 0.15) is 26.3 Å². The van der Waals surface area contributed by atoms with Gasteiger partial charge in [-0.15, -0.1) is 0 Å². The lowest BCUT2D eigenvalue weighted by Crippen LogP contribution is -2.12. The summed E-state index contributed by atoms with van der Waals surface area (Å²) in [6.45, 7) is 7.67. The van der Waals surface area contributed by atoms with Gasteiger partial charge < -0.3 is 10.1 Å². The Kier molecular flexibility index (Phi) is 5.34. The molecular weight excluding hydrogens is 265 g/mol. The van der Waals surface area contributed by atoms with Crippen LogP contribution < -0.4 is 10.1 Å². The normalized spacial score (nSPS) is 10.9. The Morgan fingerprint density at radius 1 is 1.10 bits per heavy atom. The highest BCUT2D eigenvalue weighted by Gasteiger charge is 2.07. The Bertz CT molecular complexity index is 578. The molecule has 2 rings (SSSR count). The predicted molar refractivity (Wildman–Crippen MR) is 85.0 cm³/mol. The van der Waals surface area contributed by atoms with Crippen molar-refractivity contribution in [2.45, 2.75) is 33.4 Å². The van der Waals surface area contributed by atoms with E-state index in [-0.39, 0.29) is 11.9 Å². The topological polar surface area (TPSA) is 21.3 Å². The molecule has 112 valence electrons. The fourth-order valence-corrected chi connectivity index (χ4v) is 2.22. The molecule has 0 radical (unpaired) electrons. The number of halogens is 1. The molecule has 1 N–H and O–H groups in total. The van der Waals surface area contributed by atoms with E-state index in [9.17, 15) is 4.39 Å². The van der Waals surface area contributed by atoms with E-state index in [2.05, 4.69) is 12.2 Å². The number of hydrogen-bond donors (Lipinski definition) is 1. The van der Waals surface area contributed by atoms with Gasteiger partial charge in [-0.1, -0.05) is 25.1 Å². The van der Waals surface area contributed by atoms with Crippen molar-refractivity contribution in [2.75, 3.05) is 6.54 Å². The lowest BCUT2D eigenvalue weighted by atomic mass is 9.99. The summed E-state index contributed by atoms with van der Waals surface area (Å²) in [4.78, 5) is 0. The molecule has 0 heterocycles. The van der Waals surface area contributed by atoms with Crippen LogP contribution in [0.25, 0.3) is 11.1 Å². The zero-order valence-electron chi connectivity index (χ0n) is 12.8. The summed E-state index contributed by atoms with van der Waals surface area (Å²) in [7, 11) is 0. The SMILES string of the molecule is CCNCc1ccc(F)cc1-c1ccc(OC(C)C)cc1. The monoisotopic (exact) mass is 287 g/mol. The first-order valence-electron chi connectivity index (χ1n) is 7.36. The molecule has 0 amide bonds. The third-order valence-corrected chi connectivity index (χ3v) is 3.17. The Labute approximate surface area is 126 Å². The van der Waals surface area contributed by atoms with Gasteiger partial charge in [-0.05, 0) is 61.3 Å². The zero-order valence-corrected chi connectivity index (χ0v) is 12.8. The van der Waals surface area contributed by atoms with E-state index in [1.54, 1.807) is 6.07 Å². The summed E-state index contributed by atoms with van der Waals surface area (Å²) >= 11 is 0. The predicted octanol–water partition coefficient (Wildman–Crippen LogP) is 4.39. The lowest BCUT2D eigenvalue weighted by Gasteiger charge is -2.13. The third kappa shape index (κ3) is 4.30. The van der Waals surface area contributed by atoms with Crippen molar-refractivity contribution < 1.29 is 9.13 Å². The van der Waals surface area contributed by atoms with Crippen molar-refractivity contribution in [3.63, 3.8) is 0 Å². The summed E-state index contributed by atoms with van der Waals surface area (Å²) in [5.41, 5.74) is 3.02. The number of nitrogens with one attached hydrogen (secondary N) is 1. The van der Waals surface area contributed by atoms with Crippen LogP contribution in [-0.2, 0) is 6.54 Å². The molecule has 2 aromatic rings. The van der Waals surface area contributed by atoms with Crippen LogP contribution >= 0.6 is 0 Å². The van der Waals surface area contributed by atoms with Crippen LogP contribution in [0.15, 0.2) is 42.5 Å². The summed E-state index contributed by atoms with van der Waals surface area (Å²) in [6, 6.07) is 12.7. The second-order valence-electron chi connectivity index (χ2n) is 5.27. The van der Waals surface area contributed by atoms with Gasteiger partial charge in [-0.25, -0.2) is 4.39 Å². The van der Waals surface area contributed by atoms with Crippen molar-refractivity contribution >= 4 is 0 Å². The third-order valence-electron chi connectivity index (χ3n) is 3.17. The molecule has 2 aromatic carbocycles. The molecular formula is C18H22FNO. The number of hydrogen-bond acceptors (Lipinski definition) is 2. The van der Waals surface area contributed by atoms with Crippen molar-refractivity contribution in [3.05, 3.63) is 53.8 Å². The van der Waals surface area contributed by atoms with Gasteiger partial charge in [0.05, 0.1) is 6.10 Å². The van der Waals surface area contributed by atoms with Crippen LogP contribution in [0.3, 0.4) is 0 Å². The van der Waals surface area contributed by atoms with Crippen LogP contribution in [-0.4, -0.2) is 12.6 Å². The number of ether oxygens (including phenoxy) is 1. The maximum atomic E-state index is 13.6. The molecule has 0 aliphatic carbocycles. The molecule has 0 bridgehead atoms. The van der Waals surface area contributed by atoms with Crippen molar-refractivity contribution in [1.29, 1.82) is 0 Å². The minimum atomic E-state index is -0.215. The second-order valence-corrected chi connectivity index (χ2v) is 5.27. The summed E-state index contributed by atoms with van der Waals surface area (Å²) in [5, 5.41) is 3.28. The largest absolute Gasteiger partial charge is 0.491 e. The Balaban J connectivity index is 2.29. The van der Waals surface area contributed by atoms with Gasteiger partial charge >= 0.3 is 0 Å². The molecule has 0 aliphatic heterocycles. The van der Waals surface area contributed by atoms with Gasteiger partial charge in [0.25, 0.3) is 0 Å². The van der Waals surface area contributed by atoms with Gasteiger partial charge in [0.1, 0.15) is 11.6 Å². The van der Waals surface area contributed by atoms with Crippen molar-refractivity contribution in [2.24, 2.45) is 0 Å². The Hall–Kier alpha value is -1.87. The summed E-state index contributed by atoms with van der Waals surface area (Å²) in [5.74, 6) is 0.617. The minimum Gasteiger partial charge on any atom is -0.491 e. The van der Waals surface area contributed by atoms with E-state index in [1.165, 1.54) is 6.07 Å². The van der Waals surface area contributed by atoms with Crippen LogP contribution in [0, 0.1) is 5.82 Å². The molecule has 0 fully saturated rings. The lowest BCUT2D eigenvalue weighted by molar-refractivity contribution is 0.242. The van der Waals surface area contributed by atoms with Crippen LogP contribution in [0.4, 0.5) is 4.39 Å². The molecule has 21 heavy (non-hydrogen) atoms. The first-order chi connectivity index (χ1) is 10.1. The fraction of sp³-hybridized carbons (Fsp3) is 0.333. The highest BCUT2D eigenvalue weighted by atomic mass is 19.1. The quantitative estimate of drug-likeness (QED) is 0.850. The van der Waals surface area contributed by atoms with Crippen molar-refractivity contribution in [3.8, 4) is 16.9 Å². The average molecular weight is 287 g/mol. The molecule has 0 atom stereocenters. The fourth-order valence-electron chi connectivity index (χ4n) is 2.22. The zero-order chi connectivity index (χ0) is 15.2. The number of benzene rings is 2. The minimum absolute atomic E-state index is 0.148. The van der Waals surface area contributed by atoms with E-state index in [1.807, 2.05) is 44.2 Å². The molecule has 0 aliphatic rings. The molecule has 0 spiro atoms. The number of rotatable bonds is 6. The van der Waals surface area contributed by atoms with E-state index >= 15 is 0 Å². The van der Waals surface area contributed by atoms with E-state index < -0.39 is 0 Å². The molecule has 0 saturated carbocycles. The van der Waals surface area contributed by atoms with Gasteiger partial charge in [-0.3, -0.25) is 0 Å². The average Bonchev–Trinajstić information content (AvgIpc) is 2.46. The Morgan fingerprint density at radius 3 is 2.43 bits per heavy atom. The second kappa shape index (κ2) is 7.23. The Morgan fingerprint density at radius 2 is 1.81 bits per heavy atom. The maximum absolute atomic E-state index is 13.6. The smallest absolute Gasteiger partial charge is 0.123 e.